The van der Waals surface area contributed by atoms with Crippen LogP contribution < -0.4 is 5.32 Å². The van der Waals surface area contributed by atoms with E-state index >= 15 is 0 Å². The minimum Gasteiger partial charge on any atom is -0.379 e. The standard InChI is InChI=1S/C20H17FN4O3/c1-20(11-16(24-28-20)13-7-9-15(21)10-8-13)19(26)22-12-17-23-18(27-25-17)14-5-3-2-4-6-14/h2-10H,11-12H2,1H3,(H,22,26)/t20-/m1/s1. The second-order valence-electron chi connectivity index (χ2n) is 6.61. The predicted octanol–water partition coefficient (Wildman–Crippen LogP) is 3.08. The van der Waals surface area contributed by atoms with Gasteiger partial charge in [-0.05, 0) is 36.8 Å². The third kappa shape index (κ3) is 3.62. The predicted molar refractivity (Wildman–Crippen MR) is 98.6 cm³/mol. The Balaban J connectivity index is 1.37. The van der Waals surface area contributed by atoms with Gasteiger partial charge >= 0.3 is 0 Å². The number of benzene rings is 2. The van der Waals surface area contributed by atoms with Crippen molar-refractivity contribution < 1.29 is 18.5 Å². The van der Waals surface area contributed by atoms with Gasteiger partial charge in [0.25, 0.3) is 11.8 Å². The number of carbonyl (C=O) groups excluding carboxylic acids is 1. The minimum atomic E-state index is -1.16. The number of hydrogen-bond acceptors (Lipinski definition) is 6. The summed E-state index contributed by atoms with van der Waals surface area (Å²) in [7, 11) is 0. The lowest BCUT2D eigenvalue weighted by Crippen LogP contribution is -2.44. The van der Waals surface area contributed by atoms with Crippen molar-refractivity contribution in [2.45, 2.75) is 25.5 Å². The van der Waals surface area contributed by atoms with E-state index in [1.807, 2.05) is 30.3 Å². The number of nitrogens with one attached hydrogen (secondary N) is 1. The van der Waals surface area contributed by atoms with Crippen molar-refractivity contribution >= 4 is 11.6 Å². The van der Waals surface area contributed by atoms with Crippen LogP contribution in [0.5, 0.6) is 0 Å². The van der Waals surface area contributed by atoms with Crippen LogP contribution in [-0.4, -0.2) is 27.4 Å². The smallest absolute Gasteiger partial charge is 0.267 e. The topological polar surface area (TPSA) is 89.6 Å². The lowest BCUT2D eigenvalue weighted by atomic mass is 9.95. The lowest BCUT2D eigenvalue weighted by molar-refractivity contribution is -0.141. The second-order valence-corrected chi connectivity index (χ2v) is 6.61. The molecule has 1 atom stereocenters. The molecule has 0 aliphatic carbocycles. The fourth-order valence-corrected chi connectivity index (χ4v) is 2.83. The zero-order valence-corrected chi connectivity index (χ0v) is 15.1. The van der Waals surface area contributed by atoms with E-state index in [1.165, 1.54) is 12.1 Å². The molecule has 1 aliphatic rings. The van der Waals surface area contributed by atoms with Crippen molar-refractivity contribution in [3.8, 4) is 11.5 Å². The van der Waals surface area contributed by atoms with Crippen LogP contribution in [0.25, 0.3) is 11.5 Å². The van der Waals surface area contributed by atoms with Crippen LogP contribution in [-0.2, 0) is 16.2 Å². The van der Waals surface area contributed by atoms with Crippen LogP contribution in [0.1, 0.15) is 24.7 Å². The summed E-state index contributed by atoms with van der Waals surface area (Å²) in [6.07, 6.45) is 0.270. The lowest BCUT2D eigenvalue weighted by Gasteiger charge is -2.19. The number of nitrogens with zero attached hydrogens (tertiary/aromatic N) is 3. The Morgan fingerprint density at radius 1 is 1.14 bits per heavy atom. The average Bonchev–Trinajstić information content (AvgIpc) is 3.35. The maximum Gasteiger partial charge on any atom is 0.267 e. The first kappa shape index (κ1) is 17.8. The Hall–Kier alpha value is -3.55. The summed E-state index contributed by atoms with van der Waals surface area (Å²) >= 11 is 0. The molecule has 0 saturated carbocycles. The summed E-state index contributed by atoms with van der Waals surface area (Å²) in [6.45, 7) is 1.74. The van der Waals surface area contributed by atoms with Crippen LogP contribution in [0.2, 0.25) is 0 Å². The third-order valence-electron chi connectivity index (χ3n) is 4.42. The molecule has 142 valence electrons. The van der Waals surface area contributed by atoms with Gasteiger partial charge in [-0.3, -0.25) is 4.79 Å². The van der Waals surface area contributed by atoms with Gasteiger partial charge in [0.05, 0.1) is 12.3 Å². The summed E-state index contributed by atoms with van der Waals surface area (Å²) in [5.74, 6) is 0.0572. The first-order valence-corrected chi connectivity index (χ1v) is 8.71. The van der Waals surface area contributed by atoms with E-state index in [2.05, 4.69) is 20.6 Å². The van der Waals surface area contributed by atoms with E-state index in [4.69, 9.17) is 9.36 Å². The van der Waals surface area contributed by atoms with Crippen LogP contribution in [0, 0.1) is 5.82 Å². The Morgan fingerprint density at radius 2 is 1.89 bits per heavy atom. The number of amides is 1. The highest BCUT2D eigenvalue weighted by molar-refractivity contribution is 6.05. The van der Waals surface area contributed by atoms with Gasteiger partial charge in [-0.25, -0.2) is 4.39 Å². The molecule has 7 nitrogen and oxygen atoms in total. The molecule has 0 unspecified atom stereocenters. The molecule has 1 aliphatic heterocycles. The Morgan fingerprint density at radius 3 is 2.64 bits per heavy atom. The molecule has 0 spiro atoms. The molecule has 0 fully saturated rings. The first-order valence-electron chi connectivity index (χ1n) is 8.71. The second kappa shape index (κ2) is 7.22. The summed E-state index contributed by atoms with van der Waals surface area (Å²) in [5, 5.41) is 10.6. The van der Waals surface area contributed by atoms with Gasteiger partial charge in [0.1, 0.15) is 5.82 Å². The van der Waals surface area contributed by atoms with E-state index in [0.717, 1.165) is 5.56 Å². The molecule has 2 aromatic carbocycles. The monoisotopic (exact) mass is 380 g/mol. The van der Waals surface area contributed by atoms with Gasteiger partial charge in [0, 0.05) is 12.0 Å². The normalized spacial score (nSPS) is 18.4. The Kier molecular flexibility index (Phi) is 4.60. The van der Waals surface area contributed by atoms with Gasteiger partial charge in [-0.1, -0.05) is 40.6 Å². The molecule has 0 bridgehead atoms. The van der Waals surface area contributed by atoms with E-state index in [-0.39, 0.29) is 24.7 Å². The molecule has 1 amide bonds. The molecule has 1 N–H and O–H groups in total. The molecule has 4 rings (SSSR count). The third-order valence-corrected chi connectivity index (χ3v) is 4.42. The molecule has 28 heavy (non-hydrogen) atoms. The number of rotatable bonds is 5. The van der Waals surface area contributed by atoms with Gasteiger partial charge in [-0.15, -0.1) is 0 Å². The summed E-state index contributed by atoms with van der Waals surface area (Å²) < 4.78 is 18.3. The highest BCUT2D eigenvalue weighted by Crippen LogP contribution is 2.27. The summed E-state index contributed by atoms with van der Waals surface area (Å²) in [4.78, 5) is 22.2. The summed E-state index contributed by atoms with van der Waals surface area (Å²) in [5.41, 5.74) is 0.943. The molecule has 1 aromatic heterocycles. The van der Waals surface area contributed by atoms with E-state index in [0.29, 0.717) is 23.0 Å². The maximum atomic E-state index is 13.1. The first-order chi connectivity index (χ1) is 13.5. The van der Waals surface area contributed by atoms with Crippen LogP contribution in [0.4, 0.5) is 4.39 Å². The number of halogens is 1. The van der Waals surface area contributed by atoms with Crippen LogP contribution in [0.3, 0.4) is 0 Å². The number of hydrogen-bond donors (Lipinski definition) is 1. The van der Waals surface area contributed by atoms with E-state index < -0.39 is 5.60 Å². The average molecular weight is 380 g/mol. The Labute approximate surface area is 160 Å². The van der Waals surface area contributed by atoms with Crippen molar-refractivity contribution in [1.29, 1.82) is 0 Å². The molecule has 2 heterocycles. The molecule has 3 aromatic rings. The van der Waals surface area contributed by atoms with Gasteiger partial charge in [0.2, 0.25) is 5.60 Å². The van der Waals surface area contributed by atoms with Crippen molar-refractivity contribution in [2.24, 2.45) is 5.16 Å². The molecule has 0 radical (unpaired) electrons. The van der Waals surface area contributed by atoms with Crippen molar-refractivity contribution in [2.75, 3.05) is 0 Å². The zero-order chi connectivity index (χ0) is 19.6. The highest BCUT2D eigenvalue weighted by atomic mass is 19.1. The molecule has 8 heteroatoms. The largest absolute Gasteiger partial charge is 0.379 e. The van der Waals surface area contributed by atoms with Gasteiger partial charge in [0.15, 0.2) is 5.82 Å². The van der Waals surface area contributed by atoms with Gasteiger partial charge < -0.3 is 14.7 Å². The van der Waals surface area contributed by atoms with Crippen LogP contribution in [0.15, 0.2) is 64.3 Å². The number of aromatic nitrogens is 2. The SMILES string of the molecule is C[C@]1(C(=O)NCc2noc(-c3ccccc3)n2)CC(c2ccc(F)cc2)=NO1. The van der Waals surface area contributed by atoms with E-state index in [1.54, 1.807) is 19.1 Å². The van der Waals surface area contributed by atoms with Crippen LogP contribution >= 0.6 is 0 Å². The van der Waals surface area contributed by atoms with Crippen molar-refractivity contribution in [3.63, 3.8) is 0 Å². The maximum absolute atomic E-state index is 13.1. The molecular formula is C20H17FN4O3. The minimum absolute atomic E-state index is 0.0972. The van der Waals surface area contributed by atoms with Crippen molar-refractivity contribution in [1.82, 2.24) is 15.5 Å². The Bertz CT molecular complexity index is 1020. The number of oxime groups is 1. The zero-order valence-electron chi connectivity index (χ0n) is 15.1. The fourth-order valence-electron chi connectivity index (χ4n) is 2.83. The quantitative estimate of drug-likeness (QED) is 0.735. The highest BCUT2D eigenvalue weighted by Gasteiger charge is 2.42. The van der Waals surface area contributed by atoms with Gasteiger partial charge in [-0.2, -0.15) is 4.98 Å². The number of carbonyl (C=O) groups is 1. The summed E-state index contributed by atoms with van der Waals surface area (Å²) in [6, 6.07) is 15.2. The molecular weight excluding hydrogens is 363 g/mol. The van der Waals surface area contributed by atoms with E-state index in [9.17, 15) is 9.18 Å². The fraction of sp³-hybridized carbons (Fsp3) is 0.200. The van der Waals surface area contributed by atoms with Crippen molar-refractivity contribution in [3.05, 3.63) is 71.8 Å². The molecule has 0 saturated heterocycles.